The van der Waals surface area contributed by atoms with Crippen LogP contribution in [0.25, 0.3) is 11.4 Å². The maximum Gasteiger partial charge on any atom is 0.228 e. The average molecular weight is 270 g/mol. The fourth-order valence-corrected chi connectivity index (χ4v) is 1.62. The Bertz CT molecular complexity index is 566. The second kappa shape index (κ2) is 6.25. The molecule has 2 atom stereocenters. The summed E-state index contributed by atoms with van der Waals surface area (Å²) >= 11 is 0. The molecule has 0 saturated carbocycles. The van der Waals surface area contributed by atoms with Gasteiger partial charge in [-0.2, -0.15) is 0 Å². The quantitative estimate of drug-likeness (QED) is 0.891. The topological polar surface area (TPSA) is 80.9 Å². The van der Waals surface area contributed by atoms with Crippen LogP contribution in [-0.2, 0) is 4.79 Å². The predicted octanol–water partition coefficient (Wildman–Crippen LogP) is 2.07. The molecule has 1 aromatic carbocycles. The Morgan fingerprint density at radius 2 is 1.75 bits per heavy atom. The minimum absolute atomic E-state index is 0.129. The van der Waals surface area contributed by atoms with Crippen molar-refractivity contribution in [2.75, 3.05) is 5.32 Å². The summed E-state index contributed by atoms with van der Waals surface area (Å²) in [5, 5.41) is 2.76. The van der Waals surface area contributed by atoms with Crippen molar-refractivity contribution in [3.8, 4) is 11.4 Å². The van der Waals surface area contributed by atoms with Crippen LogP contribution in [0.2, 0.25) is 0 Å². The van der Waals surface area contributed by atoms with Gasteiger partial charge in [0.25, 0.3) is 0 Å². The summed E-state index contributed by atoms with van der Waals surface area (Å²) in [5.74, 6) is 0.240. The third-order valence-electron chi connectivity index (χ3n) is 3.15. The first-order chi connectivity index (χ1) is 9.58. The molecule has 0 aliphatic carbocycles. The summed E-state index contributed by atoms with van der Waals surface area (Å²) in [6, 6.07) is 9.47. The summed E-state index contributed by atoms with van der Waals surface area (Å²) in [5.41, 5.74) is 7.21. The van der Waals surface area contributed by atoms with Gasteiger partial charge < -0.3 is 11.1 Å². The number of amides is 1. The van der Waals surface area contributed by atoms with E-state index in [-0.39, 0.29) is 17.9 Å². The van der Waals surface area contributed by atoms with Crippen LogP contribution in [0.15, 0.2) is 42.7 Å². The molecular weight excluding hydrogens is 252 g/mol. The van der Waals surface area contributed by atoms with Gasteiger partial charge >= 0.3 is 0 Å². The first kappa shape index (κ1) is 14.1. The first-order valence-electron chi connectivity index (χ1n) is 6.52. The van der Waals surface area contributed by atoms with Crippen molar-refractivity contribution < 1.29 is 4.79 Å². The summed E-state index contributed by atoms with van der Waals surface area (Å²) < 4.78 is 0. The highest BCUT2D eigenvalue weighted by molar-refractivity contribution is 5.92. The SMILES string of the molecule is CC(N)C(C)C(=O)Nc1cnc(-c2ccccc2)nc1. The molecule has 2 unspecified atom stereocenters. The van der Waals surface area contributed by atoms with E-state index in [4.69, 9.17) is 5.73 Å². The van der Waals surface area contributed by atoms with E-state index in [2.05, 4.69) is 15.3 Å². The van der Waals surface area contributed by atoms with Crippen molar-refractivity contribution >= 4 is 11.6 Å². The van der Waals surface area contributed by atoms with Crippen LogP contribution in [0.5, 0.6) is 0 Å². The molecule has 2 rings (SSSR count). The van der Waals surface area contributed by atoms with Gasteiger partial charge in [-0.1, -0.05) is 37.3 Å². The molecule has 3 N–H and O–H groups in total. The van der Waals surface area contributed by atoms with Crippen LogP contribution in [0.1, 0.15) is 13.8 Å². The van der Waals surface area contributed by atoms with Crippen LogP contribution >= 0.6 is 0 Å². The van der Waals surface area contributed by atoms with Gasteiger partial charge in [-0.25, -0.2) is 9.97 Å². The third-order valence-corrected chi connectivity index (χ3v) is 3.15. The minimum atomic E-state index is -0.260. The van der Waals surface area contributed by atoms with Crippen LogP contribution in [0.4, 0.5) is 5.69 Å². The molecule has 0 aliphatic heterocycles. The van der Waals surface area contributed by atoms with Gasteiger partial charge in [-0.15, -0.1) is 0 Å². The highest BCUT2D eigenvalue weighted by atomic mass is 16.1. The van der Waals surface area contributed by atoms with Crippen molar-refractivity contribution in [2.45, 2.75) is 19.9 Å². The highest BCUT2D eigenvalue weighted by Crippen LogP contribution is 2.15. The summed E-state index contributed by atoms with van der Waals surface area (Å²) in [6.07, 6.45) is 3.20. The number of hydrogen-bond donors (Lipinski definition) is 2. The van der Waals surface area contributed by atoms with Gasteiger partial charge in [0.05, 0.1) is 24.0 Å². The smallest absolute Gasteiger partial charge is 0.228 e. The fourth-order valence-electron chi connectivity index (χ4n) is 1.62. The van der Waals surface area contributed by atoms with E-state index in [1.807, 2.05) is 30.3 Å². The number of hydrogen-bond acceptors (Lipinski definition) is 4. The van der Waals surface area contributed by atoms with Crippen LogP contribution in [-0.4, -0.2) is 21.9 Å². The molecule has 0 spiro atoms. The van der Waals surface area contributed by atoms with E-state index in [0.717, 1.165) is 5.56 Å². The summed E-state index contributed by atoms with van der Waals surface area (Å²) in [4.78, 5) is 20.4. The number of nitrogens with one attached hydrogen (secondary N) is 1. The lowest BCUT2D eigenvalue weighted by molar-refractivity contribution is -0.119. The highest BCUT2D eigenvalue weighted by Gasteiger charge is 2.17. The predicted molar refractivity (Wildman–Crippen MR) is 78.9 cm³/mol. The molecule has 0 bridgehead atoms. The zero-order chi connectivity index (χ0) is 14.5. The molecule has 0 saturated heterocycles. The zero-order valence-electron chi connectivity index (χ0n) is 11.6. The minimum Gasteiger partial charge on any atom is -0.327 e. The van der Waals surface area contributed by atoms with Gasteiger partial charge in [-0.05, 0) is 6.92 Å². The largest absolute Gasteiger partial charge is 0.327 e. The van der Waals surface area contributed by atoms with Crippen molar-refractivity contribution in [3.63, 3.8) is 0 Å². The first-order valence-corrected chi connectivity index (χ1v) is 6.52. The Balaban J connectivity index is 2.08. The number of benzene rings is 1. The van der Waals surface area contributed by atoms with Crippen molar-refractivity contribution in [1.29, 1.82) is 0 Å². The Morgan fingerprint density at radius 3 is 2.30 bits per heavy atom. The van der Waals surface area contributed by atoms with Gasteiger partial charge in [0.15, 0.2) is 5.82 Å². The summed E-state index contributed by atoms with van der Waals surface area (Å²) in [7, 11) is 0. The second-order valence-corrected chi connectivity index (χ2v) is 4.80. The molecule has 104 valence electrons. The molecule has 0 fully saturated rings. The van der Waals surface area contributed by atoms with Crippen LogP contribution in [0.3, 0.4) is 0 Å². The zero-order valence-corrected chi connectivity index (χ0v) is 11.6. The Labute approximate surface area is 118 Å². The lowest BCUT2D eigenvalue weighted by atomic mass is 10.0. The normalized spacial score (nSPS) is 13.6. The molecule has 1 aromatic heterocycles. The maximum absolute atomic E-state index is 11.9. The number of nitrogens with zero attached hydrogens (tertiary/aromatic N) is 2. The van der Waals surface area contributed by atoms with Crippen LogP contribution < -0.4 is 11.1 Å². The molecule has 0 aliphatic rings. The van der Waals surface area contributed by atoms with E-state index in [1.54, 1.807) is 26.2 Å². The number of nitrogens with two attached hydrogens (primary N) is 1. The second-order valence-electron chi connectivity index (χ2n) is 4.80. The van der Waals surface area contributed by atoms with E-state index < -0.39 is 0 Å². The van der Waals surface area contributed by atoms with E-state index >= 15 is 0 Å². The Morgan fingerprint density at radius 1 is 1.15 bits per heavy atom. The van der Waals surface area contributed by atoms with Gasteiger partial charge in [0.1, 0.15) is 0 Å². The number of anilines is 1. The molecule has 1 amide bonds. The van der Waals surface area contributed by atoms with Gasteiger partial charge in [0, 0.05) is 11.6 Å². The molecule has 20 heavy (non-hydrogen) atoms. The van der Waals surface area contributed by atoms with E-state index in [1.165, 1.54) is 0 Å². The number of carbonyl (C=O) groups excluding carboxylic acids is 1. The summed E-state index contributed by atoms with van der Waals surface area (Å²) in [6.45, 7) is 3.60. The van der Waals surface area contributed by atoms with Crippen molar-refractivity contribution in [1.82, 2.24) is 9.97 Å². The van der Waals surface area contributed by atoms with E-state index in [9.17, 15) is 4.79 Å². The van der Waals surface area contributed by atoms with E-state index in [0.29, 0.717) is 11.5 Å². The number of rotatable bonds is 4. The monoisotopic (exact) mass is 270 g/mol. The van der Waals surface area contributed by atoms with Crippen molar-refractivity contribution in [3.05, 3.63) is 42.7 Å². The fraction of sp³-hybridized carbons (Fsp3) is 0.267. The lowest BCUT2D eigenvalue weighted by Crippen LogP contribution is -2.34. The van der Waals surface area contributed by atoms with Crippen molar-refractivity contribution in [2.24, 2.45) is 11.7 Å². The third kappa shape index (κ3) is 3.39. The number of aromatic nitrogens is 2. The molecular formula is C15H18N4O. The van der Waals surface area contributed by atoms with Crippen LogP contribution in [0, 0.1) is 5.92 Å². The molecule has 1 heterocycles. The molecule has 0 radical (unpaired) electrons. The molecule has 2 aromatic rings. The Hall–Kier alpha value is -2.27. The standard InChI is InChI=1S/C15H18N4O/c1-10(11(2)16)15(20)19-13-8-17-14(18-9-13)12-6-4-3-5-7-12/h3-11H,16H2,1-2H3,(H,19,20). The Kier molecular flexibility index (Phi) is 4.42. The number of carbonyl (C=O) groups is 1. The lowest BCUT2D eigenvalue weighted by Gasteiger charge is -2.15. The average Bonchev–Trinajstić information content (AvgIpc) is 2.48. The molecule has 5 nitrogen and oxygen atoms in total. The molecule has 5 heteroatoms. The maximum atomic E-state index is 11.9. The van der Waals surface area contributed by atoms with Gasteiger partial charge in [0.2, 0.25) is 5.91 Å². The van der Waals surface area contributed by atoms with Gasteiger partial charge in [-0.3, -0.25) is 4.79 Å².